The van der Waals surface area contributed by atoms with Crippen LogP contribution in [-0.4, -0.2) is 101 Å². The average Bonchev–Trinajstić information content (AvgIpc) is 3.06. The highest BCUT2D eigenvalue weighted by molar-refractivity contribution is 7.61. The van der Waals surface area contributed by atoms with Gasteiger partial charge in [-0.2, -0.15) is 4.31 Å². The zero-order chi connectivity index (χ0) is 28.6. The predicted molar refractivity (Wildman–Crippen MR) is 119 cm³/mol. The molecule has 0 saturated carbocycles. The second-order valence-corrected chi connectivity index (χ2v) is 11.4. The largest absolute Gasteiger partial charge is 0.483 e. The van der Waals surface area contributed by atoms with E-state index in [1.807, 2.05) is 4.98 Å². The maximum Gasteiger partial charge on any atom is 0.483 e. The molecule has 0 aliphatic carbocycles. The molecule has 3 heterocycles. The molecule has 19 nitrogen and oxygen atoms in total. The zero-order valence-electron chi connectivity index (χ0n) is 19.7. The molecule has 21 heteroatoms. The van der Waals surface area contributed by atoms with E-state index < -0.39 is 94.6 Å². The van der Waals surface area contributed by atoms with Crippen molar-refractivity contribution in [3.05, 3.63) is 33.1 Å². The summed E-state index contributed by atoms with van der Waals surface area (Å²) in [5.74, 6) is -0.738. The predicted octanol–water partition coefficient (Wildman–Crippen LogP) is -3.62. The van der Waals surface area contributed by atoms with Crippen LogP contribution in [0.15, 0.2) is 21.9 Å². The van der Waals surface area contributed by atoms with Crippen LogP contribution in [0.2, 0.25) is 0 Å². The summed E-state index contributed by atoms with van der Waals surface area (Å²) in [6.07, 6.45) is -12.0. The molecule has 11 unspecified atom stereocenters. The van der Waals surface area contributed by atoms with Gasteiger partial charge < -0.3 is 45.0 Å². The zero-order valence-corrected chi connectivity index (χ0v) is 21.5. The Kier molecular flexibility index (Phi) is 9.48. The number of aromatic amines is 1. The van der Waals surface area contributed by atoms with Crippen molar-refractivity contribution in [3.63, 3.8) is 0 Å². The first-order valence-corrected chi connectivity index (χ1v) is 13.8. The van der Waals surface area contributed by atoms with Crippen molar-refractivity contribution in [2.75, 3.05) is 6.61 Å². The monoisotopic (exact) mass is 591 g/mol. The van der Waals surface area contributed by atoms with Crippen molar-refractivity contribution in [1.82, 2.24) is 14.9 Å². The van der Waals surface area contributed by atoms with E-state index >= 15 is 0 Å². The molecule has 38 heavy (non-hydrogen) atoms. The molecule has 0 aromatic carbocycles. The Morgan fingerprint density at radius 2 is 1.74 bits per heavy atom. The molecule has 3 rings (SSSR count). The van der Waals surface area contributed by atoms with Crippen LogP contribution < -0.4 is 16.6 Å². The topological polar surface area (TPSA) is 286 Å². The Bertz CT molecular complexity index is 1220. The first-order chi connectivity index (χ1) is 17.5. The summed E-state index contributed by atoms with van der Waals surface area (Å²) in [6.45, 7) is 1.30. The number of aliphatic hydroxyl groups is 4. The Labute approximate surface area is 212 Å². The van der Waals surface area contributed by atoms with Gasteiger partial charge in [-0.05, 0) is 6.92 Å². The van der Waals surface area contributed by atoms with Crippen LogP contribution in [0.5, 0.6) is 0 Å². The molecule has 11 atom stereocenters. The van der Waals surface area contributed by atoms with Gasteiger partial charge in [0.25, 0.3) is 5.56 Å². The maximum absolute atomic E-state index is 12.4. The first kappa shape index (κ1) is 30.7. The Hall–Kier alpha value is -1.83. The van der Waals surface area contributed by atoms with Gasteiger partial charge in [0.05, 0.1) is 12.7 Å². The number of hydrogen-bond acceptors (Lipinski definition) is 14. The number of H-pyrrole nitrogens is 1. The maximum atomic E-state index is 12.4. The summed E-state index contributed by atoms with van der Waals surface area (Å²) in [5.41, 5.74) is -1.73. The highest BCUT2D eigenvalue weighted by atomic mass is 31.3. The second kappa shape index (κ2) is 11.7. The lowest BCUT2D eigenvalue weighted by Gasteiger charge is -2.41. The number of aromatic nitrogens is 2. The number of phosphoric ester groups is 2. The third kappa shape index (κ3) is 7.22. The Morgan fingerprint density at radius 3 is 2.34 bits per heavy atom. The molecule has 0 radical (unpaired) electrons. The van der Waals surface area contributed by atoms with E-state index in [4.69, 9.17) is 14.0 Å². The second-order valence-electron chi connectivity index (χ2n) is 8.40. The van der Waals surface area contributed by atoms with Crippen LogP contribution in [-0.2, 0) is 36.8 Å². The molecule has 2 saturated heterocycles. The molecule has 1 aromatic rings. The van der Waals surface area contributed by atoms with Crippen molar-refractivity contribution in [2.45, 2.75) is 69.0 Å². The van der Waals surface area contributed by atoms with Gasteiger partial charge >= 0.3 is 21.3 Å². The van der Waals surface area contributed by atoms with Gasteiger partial charge in [0.2, 0.25) is 5.91 Å². The number of phosphoric acid groups is 2. The third-order valence-electron chi connectivity index (χ3n) is 5.52. The van der Waals surface area contributed by atoms with Crippen molar-refractivity contribution in [2.24, 2.45) is 0 Å². The standard InChI is InChI=1S/C17H27N3O16P2/c1-6-11(23)13(25)10(18-7(2)21)16(33-6)35-38(30,31)36-37(28,29)32-5-8-12(24)14(26)15(34-8)20-4-3-9(22)19-17(20)27/h3-4,6,8,10-16,23-26H,5H2,1-2H3,(H,18,21)(H,28,29)(H,30,31)(H,19,22,27). The number of aliphatic hydroxyl groups excluding tert-OH is 4. The minimum atomic E-state index is -5.53. The number of carbonyl (C=O) groups is 1. The fourth-order valence-electron chi connectivity index (χ4n) is 3.70. The van der Waals surface area contributed by atoms with Crippen molar-refractivity contribution in [1.29, 1.82) is 0 Å². The van der Waals surface area contributed by atoms with Gasteiger partial charge in [0.1, 0.15) is 36.6 Å². The van der Waals surface area contributed by atoms with E-state index in [0.717, 1.165) is 23.8 Å². The lowest BCUT2D eigenvalue weighted by atomic mass is 9.98. The number of hydrogen-bond donors (Lipinski definition) is 8. The van der Waals surface area contributed by atoms with E-state index in [1.54, 1.807) is 0 Å². The summed E-state index contributed by atoms with van der Waals surface area (Å²) in [7, 11) is -11.0. The van der Waals surface area contributed by atoms with E-state index in [9.17, 15) is 53.7 Å². The van der Waals surface area contributed by atoms with Gasteiger partial charge in [-0.15, -0.1) is 0 Å². The molecule has 8 N–H and O–H groups in total. The normalized spacial score (nSPS) is 36.8. The van der Waals surface area contributed by atoms with Gasteiger partial charge in [0, 0.05) is 19.2 Å². The number of ether oxygens (including phenoxy) is 2. The number of nitrogens with one attached hydrogen (secondary N) is 2. The lowest BCUT2D eigenvalue weighted by molar-refractivity contribution is -0.236. The highest BCUT2D eigenvalue weighted by Gasteiger charge is 2.49. The summed E-state index contributed by atoms with van der Waals surface area (Å²) in [6, 6.07) is -0.645. The van der Waals surface area contributed by atoms with Crippen molar-refractivity contribution >= 4 is 21.6 Å². The third-order valence-corrected chi connectivity index (χ3v) is 8.12. The van der Waals surface area contributed by atoms with Crippen molar-refractivity contribution in [3.8, 4) is 0 Å². The molecule has 2 fully saturated rings. The van der Waals surface area contributed by atoms with E-state index in [1.165, 1.54) is 6.92 Å². The molecule has 2 aliphatic heterocycles. The molecular formula is C17H27N3O16P2. The molecule has 2 aliphatic rings. The summed E-state index contributed by atoms with van der Waals surface area (Å²) in [4.78, 5) is 56.4. The molecule has 1 aromatic heterocycles. The van der Waals surface area contributed by atoms with Gasteiger partial charge in [0.15, 0.2) is 12.5 Å². The smallest absolute Gasteiger partial charge is 0.388 e. The summed E-state index contributed by atoms with van der Waals surface area (Å²) >= 11 is 0. The lowest BCUT2D eigenvalue weighted by Crippen LogP contribution is -2.63. The van der Waals surface area contributed by atoms with E-state index in [-0.39, 0.29) is 0 Å². The summed E-state index contributed by atoms with van der Waals surface area (Å²) in [5, 5.41) is 42.6. The van der Waals surface area contributed by atoms with Crippen LogP contribution in [0.3, 0.4) is 0 Å². The SMILES string of the molecule is CC(=O)NC1C(OP(=O)(O)OP(=O)(O)OCC2OC(n3ccc(=O)[nH]c3=O)C(O)C2O)OC(C)C(O)C1O. The Balaban J connectivity index is 1.64. The fraction of sp³-hybridized carbons (Fsp3) is 0.706. The molecule has 0 bridgehead atoms. The number of nitrogens with zero attached hydrogens (tertiary/aromatic N) is 1. The van der Waals surface area contributed by atoms with Gasteiger partial charge in [-0.3, -0.25) is 28.2 Å². The van der Waals surface area contributed by atoms with Crippen molar-refractivity contribution < 1.29 is 67.0 Å². The highest BCUT2D eigenvalue weighted by Crippen LogP contribution is 2.61. The minimum Gasteiger partial charge on any atom is -0.388 e. The molecule has 1 amide bonds. The van der Waals surface area contributed by atoms with Crippen LogP contribution in [0.1, 0.15) is 20.1 Å². The van der Waals surface area contributed by atoms with Crippen LogP contribution in [0.25, 0.3) is 0 Å². The van der Waals surface area contributed by atoms with Crippen LogP contribution in [0.4, 0.5) is 0 Å². The van der Waals surface area contributed by atoms with Crippen LogP contribution >= 0.6 is 15.6 Å². The molecule has 216 valence electrons. The van der Waals surface area contributed by atoms with Gasteiger partial charge in [-0.1, -0.05) is 0 Å². The quantitative estimate of drug-likeness (QED) is 0.129. The van der Waals surface area contributed by atoms with E-state index in [2.05, 4.69) is 14.2 Å². The average molecular weight is 591 g/mol. The Morgan fingerprint density at radius 1 is 1.08 bits per heavy atom. The number of carbonyl (C=O) groups excluding carboxylic acids is 1. The minimum absolute atomic E-state index is 0.738. The molecule has 0 spiro atoms. The number of rotatable bonds is 9. The fourth-order valence-corrected chi connectivity index (χ4v) is 5.87. The molecular weight excluding hydrogens is 564 g/mol. The number of amides is 1. The van der Waals surface area contributed by atoms with E-state index in [0.29, 0.717) is 0 Å². The first-order valence-electron chi connectivity index (χ1n) is 10.8. The summed E-state index contributed by atoms with van der Waals surface area (Å²) < 4.78 is 49.4. The van der Waals surface area contributed by atoms with Gasteiger partial charge in [-0.25, -0.2) is 13.9 Å². The van der Waals surface area contributed by atoms with Crippen LogP contribution in [0, 0.1) is 0 Å².